The Bertz CT molecular complexity index is 771. The average molecular weight is 444 g/mol. The van der Waals surface area contributed by atoms with Crippen LogP contribution in [0.5, 0.6) is 11.5 Å². The fraction of sp³-hybridized carbons (Fsp3) is 0.455. The molecule has 6 nitrogen and oxygen atoms in total. The molecule has 0 bridgehead atoms. The van der Waals surface area contributed by atoms with Gasteiger partial charge in [-0.05, 0) is 56.4 Å². The number of esters is 2. The molecular formula is C22H27F3O6. The number of carbonyl (C=O) groups excluding carboxylic acids is 2. The molecule has 172 valence electrons. The summed E-state index contributed by atoms with van der Waals surface area (Å²) in [5.41, 5.74) is 0.919. The molecule has 0 saturated carbocycles. The van der Waals surface area contributed by atoms with Crippen molar-refractivity contribution in [2.45, 2.75) is 38.8 Å². The first kappa shape index (κ1) is 26.1. The summed E-state index contributed by atoms with van der Waals surface area (Å²) in [6, 6.07) is 4.89. The summed E-state index contributed by atoms with van der Waals surface area (Å²) in [6.45, 7) is 4.30. The van der Waals surface area contributed by atoms with Gasteiger partial charge in [0.15, 0.2) is 18.1 Å². The number of hydrogen-bond acceptors (Lipinski definition) is 6. The van der Waals surface area contributed by atoms with Crippen molar-refractivity contribution in [3.05, 3.63) is 42.0 Å². The molecule has 0 heterocycles. The predicted molar refractivity (Wildman–Crippen MR) is 109 cm³/mol. The summed E-state index contributed by atoms with van der Waals surface area (Å²) in [5.74, 6) is -0.537. The molecule has 0 aromatic heterocycles. The summed E-state index contributed by atoms with van der Waals surface area (Å²) in [4.78, 5) is 22.6. The number of halogens is 3. The smallest absolute Gasteiger partial charge is 0.422 e. The first-order valence-electron chi connectivity index (χ1n) is 9.67. The molecule has 0 spiro atoms. The molecule has 0 amide bonds. The highest BCUT2D eigenvalue weighted by Gasteiger charge is 2.29. The van der Waals surface area contributed by atoms with Gasteiger partial charge >= 0.3 is 18.1 Å². The van der Waals surface area contributed by atoms with E-state index in [1.807, 2.05) is 0 Å². The molecule has 0 aliphatic carbocycles. The molecule has 31 heavy (non-hydrogen) atoms. The highest BCUT2D eigenvalue weighted by Crippen LogP contribution is 2.29. The van der Waals surface area contributed by atoms with E-state index in [0.29, 0.717) is 35.8 Å². The number of methoxy groups -OCH3 is 1. The maximum atomic E-state index is 12.0. The van der Waals surface area contributed by atoms with Gasteiger partial charge in [-0.3, -0.25) is 0 Å². The van der Waals surface area contributed by atoms with E-state index >= 15 is 0 Å². The van der Waals surface area contributed by atoms with E-state index in [0.717, 1.165) is 31.8 Å². The van der Waals surface area contributed by atoms with Crippen molar-refractivity contribution in [1.82, 2.24) is 0 Å². The second kappa shape index (κ2) is 13.4. The minimum absolute atomic E-state index is 0.360. The van der Waals surface area contributed by atoms with Gasteiger partial charge in [-0.15, -0.1) is 0 Å². The van der Waals surface area contributed by atoms with Crippen LogP contribution >= 0.6 is 0 Å². The third kappa shape index (κ3) is 11.7. The molecule has 0 atom stereocenters. The quantitative estimate of drug-likeness (QED) is 0.246. The summed E-state index contributed by atoms with van der Waals surface area (Å²) in [5, 5.41) is 0. The molecule has 1 aromatic carbocycles. The predicted octanol–water partition coefficient (Wildman–Crippen LogP) is 4.87. The van der Waals surface area contributed by atoms with Crippen molar-refractivity contribution in [2.75, 3.05) is 26.9 Å². The monoisotopic (exact) mass is 444 g/mol. The highest BCUT2D eigenvalue weighted by atomic mass is 19.4. The molecule has 0 aliphatic rings. The Kier molecular flexibility index (Phi) is 11.2. The third-order valence-corrected chi connectivity index (χ3v) is 3.86. The van der Waals surface area contributed by atoms with Gasteiger partial charge in [0.1, 0.15) is 0 Å². The lowest BCUT2D eigenvalue weighted by Crippen LogP contribution is -2.19. The number of hydrogen-bond donors (Lipinski definition) is 0. The van der Waals surface area contributed by atoms with E-state index in [9.17, 15) is 22.8 Å². The lowest BCUT2D eigenvalue weighted by molar-refractivity contribution is -0.182. The van der Waals surface area contributed by atoms with Crippen molar-refractivity contribution >= 4 is 18.0 Å². The number of ether oxygens (including phenoxy) is 4. The van der Waals surface area contributed by atoms with E-state index in [1.54, 1.807) is 25.1 Å². The topological polar surface area (TPSA) is 71.1 Å². The Labute approximate surface area is 179 Å². The maximum Gasteiger partial charge on any atom is 0.422 e. The molecule has 9 heteroatoms. The molecular weight excluding hydrogens is 417 g/mol. The van der Waals surface area contributed by atoms with Crippen LogP contribution in [0.2, 0.25) is 0 Å². The minimum Gasteiger partial charge on any atom is -0.493 e. The van der Waals surface area contributed by atoms with E-state index < -0.39 is 18.8 Å². The van der Waals surface area contributed by atoms with E-state index in [1.165, 1.54) is 13.2 Å². The van der Waals surface area contributed by atoms with Crippen molar-refractivity contribution in [2.24, 2.45) is 0 Å². The second-order valence-corrected chi connectivity index (χ2v) is 6.65. The normalized spacial score (nSPS) is 11.3. The zero-order valence-electron chi connectivity index (χ0n) is 17.6. The Morgan fingerprint density at radius 3 is 2.32 bits per heavy atom. The maximum absolute atomic E-state index is 12.0. The fourth-order valence-corrected chi connectivity index (χ4v) is 2.30. The standard InChI is InChI=1S/C22H27F3O6/c1-16(2)21(27)30-13-7-5-4-6-12-29-18-10-8-17(14-19(18)28-3)9-11-20(26)31-15-22(23,24)25/h8-11,14H,1,4-7,12-13,15H2,2-3H3/b11-9+. The SMILES string of the molecule is C=C(C)C(=O)OCCCCCCOc1ccc(/C=C/C(=O)OCC(F)(F)F)cc1OC. The summed E-state index contributed by atoms with van der Waals surface area (Å²) in [6.07, 6.45) is 1.01. The van der Waals surface area contributed by atoms with Crippen LogP contribution in [0.25, 0.3) is 6.08 Å². The molecule has 0 aliphatic heterocycles. The average Bonchev–Trinajstić information content (AvgIpc) is 2.72. The third-order valence-electron chi connectivity index (χ3n) is 3.86. The van der Waals surface area contributed by atoms with Gasteiger partial charge in [0.2, 0.25) is 0 Å². The lowest BCUT2D eigenvalue weighted by atomic mass is 10.2. The number of unbranched alkanes of at least 4 members (excludes halogenated alkanes) is 3. The zero-order valence-corrected chi connectivity index (χ0v) is 17.6. The zero-order chi connectivity index (χ0) is 23.3. The van der Waals surface area contributed by atoms with Gasteiger partial charge in [-0.2, -0.15) is 13.2 Å². The Morgan fingerprint density at radius 2 is 1.71 bits per heavy atom. The molecule has 0 saturated heterocycles. The van der Waals surface area contributed by atoms with Gasteiger partial charge in [0, 0.05) is 11.6 Å². The van der Waals surface area contributed by atoms with Crippen molar-refractivity contribution in [3.8, 4) is 11.5 Å². The van der Waals surface area contributed by atoms with Crippen molar-refractivity contribution < 1.29 is 41.7 Å². The number of benzene rings is 1. The van der Waals surface area contributed by atoms with Crippen LogP contribution in [-0.4, -0.2) is 45.0 Å². The summed E-state index contributed by atoms with van der Waals surface area (Å²) in [7, 11) is 1.46. The Morgan fingerprint density at radius 1 is 1.03 bits per heavy atom. The summed E-state index contributed by atoms with van der Waals surface area (Å²) < 4.78 is 56.2. The van der Waals surface area contributed by atoms with Crippen LogP contribution in [-0.2, 0) is 19.1 Å². The first-order valence-corrected chi connectivity index (χ1v) is 9.67. The van der Waals surface area contributed by atoms with Crippen LogP contribution in [0, 0.1) is 0 Å². The van der Waals surface area contributed by atoms with Gasteiger partial charge in [0.25, 0.3) is 0 Å². The highest BCUT2D eigenvalue weighted by molar-refractivity contribution is 5.87. The van der Waals surface area contributed by atoms with Crippen LogP contribution in [0.15, 0.2) is 36.4 Å². The first-order chi connectivity index (χ1) is 14.6. The number of rotatable bonds is 13. The van der Waals surface area contributed by atoms with Crippen LogP contribution in [0.4, 0.5) is 13.2 Å². The molecule has 0 N–H and O–H groups in total. The van der Waals surface area contributed by atoms with Crippen molar-refractivity contribution in [1.29, 1.82) is 0 Å². The largest absolute Gasteiger partial charge is 0.493 e. The molecule has 0 fully saturated rings. The van der Waals surface area contributed by atoms with Crippen molar-refractivity contribution in [3.63, 3.8) is 0 Å². The van der Waals surface area contributed by atoms with Gasteiger partial charge in [0.05, 0.1) is 20.3 Å². The van der Waals surface area contributed by atoms with Crippen LogP contribution < -0.4 is 9.47 Å². The number of carbonyl (C=O) groups is 2. The minimum atomic E-state index is -4.57. The van der Waals surface area contributed by atoms with Crippen LogP contribution in [0.1, 0.15) is 38.2 Å². The van der Waals surface area contributed by atoms with Gasteiger partial charge in [-0.25, -0.2) is 9.59 Å². The molecule has 0 unspecified atom stereocenters. The van der Waals surface area contributed by atoms with Gasteiger partial charge < -0.3 is 18.9 Å². The van der Waals surface area contributed by atoms with E-state index in [4.69, 9.17) is 14.2 Å². The Balaban J connectivity index is 2.37. The Hall–Kier alpha value is -2.97. The lowest BCUT2D eigenvalue weighted by Gasteiger charge is -2.11. The molecule has 1 rings (SSSR count). The van der Waals surface area contributed by atoms with Crippen LogP contribution in [0.3, 0.4) is 0 Å². The fourth-order valence-electron chi connectivity index (χ4n) is 2.30. The van der Waals surface area contributed by atoms with E-state index in [-0.39, 0.29) is 5.97 Å². The van der Waals surface area contributed by atoms with Gasteiger partial charge in [-0.1, -0.05) is 12.6 Å². The molecule has 0 radical (unpaired) electrons. The van der Waals surface area contributed by atoms with E-state index in [2.05, 4.69) is 11.3 Å². The molecule has 1 aromatic rings. The number of alkyl halides is 3. The summed E-state index contributed by atoms with van der Waals surface area (Å²) >= 11 is 0. The second-order valence-electron chi connectivity index (χ2n) is 6.65.